The van der Waals surface area contributed by atoms with Crippen LogP contribution in [-0.2, 0) is 4.74 Å². The van der Waals surface area contributed by atoms with Gasteiger partial charge in [0.15, 0.2) is 0 Å². The zero-order chi connectivity index (χ0) is 8.97. The first kappa shape index (κ1) is 10.0. The van der Waals surface area contributed by atoms with Crippen LogP contribution in [0.5, 0.6) is 0 Å². The van der Waals surface area contributed by atoms with E-state index in [2.05, 4.69) is 25.7 Å². The van der Waals surface area contributed by atoms with E-state index in [1.807, 2.05) is 0 Å². The second-order valence-corrected chi connectivity index (χ2v) is 3.71. The van der Waals surface area contributed by atoms with Gasteiger partial charge in [0.25, 0.3) is 0 Å². The first-order chi connectivity index (χ1) is 5.75. The highest BCUT2D eigenvalue weighted by molar-refractivity contribution is 4.81. The highest BCUT2D eigenvalue weighted by Gasteiger charge is 2.26. The first-order valence-corrected chi connectivity index (χ1v) is 5.09. The third-order valence-corrected chi connectivity index (χ3v) is 2.83. The van der Waals surface area contributed by atoms with Gasteiger partial charge < -0.3 is 4.74 Å². The molecule has 1 aliphatic rings. The summed E-state index contributed by atoms with van der Waals surface area (Å²) >= 11 is 0. The second-order valence-electron chi connectivity index (χ2n) is 3.71. The van der Waals surface area contributed by atoms with Gasteiger partial charge in [-0.05, 0) is 33.6 Å². The minimum Gasteiger partial charge on any atom is -0.380 e. The van der Waals surface area contributed by atoms with E-state index in [9.17, 15) is 0 Å². The van der Waals surface area contributed by atoms with Crippen molar-refractivity contribution in [3.05, 3.63) is 0 Å². The van der Waals surface area contributed by atoms with Gasteiger partial charge in [0, 0.05) is 25.2 Å². The van der Waals surface area contributed by atoms with Crippen LogP contribution in [0, 0.1) is 0 Å². The SMILES string of the molecule is CCOCCN1C(C)CCC1C. The number of hydrogen-bond acceptors (Lipinski definition) is 2. The average Bonchev–Trinajstić information content (AvgIpc) is 2.35. The monoisotopic (exact) mass is 171 g/mol. The number of likely N-dealkylation sites (tertiary alicyclic amines) is 1. The fraction of sp³-hybridized carbons (Fsp3) is 1.00. The predicted octanol–water partition coefficient (Wildman–Crippen LogP) is 1.90. The Morgan fingerprint density at radius 2 is 1.83 bits per heavy atom. The van der Waals surface area contributed by atoms with Crippen LogP contribution in [0.15, 0.2) is 0 Å². The van der Waals surface area contributed by atoms with E-state index < -0.39 is 0 Å². The zero-order valence-corrected chi connectivity index (χ0v) is 8.55. The number of nitrogens with zero attached hydrogens (tertiary/aromatic N) is 1. The van der Waals surface area contributed by atoms with E-state index in [-0.39, 0.29) is 0 Å². The normalized spacial score (nSPS) is 31.2. The van der Waals surface area contributed by atoms with Crippen molar-refractivity contribution in [1.29, 1.82) is 0 Å². The minimum atomic E-state index is 0.764. The Labute approximate surface area is 75.9 Å². The Morgan fingerprint density at radius 3 is 2.33 bits per heavy atom. The average molecular weight is 171 g/mol. The summed E-state index contributed by atoms with van der Waals surface area (Å²) in [5.74, 6) is 0. The molecule has 0 aromatic rings. The molecule has 0 aliphatic carbocycles. The third kappa shape index (κ3) is 2.46. The maximum atomic E-state index is 5.35. The Morgan fingerprint density at radius 1 is 1.25 bits per heavy atom. The molecule has 2 unspecified atom stereocenters. The molecule has 2 nitrogen and oxygen atoms in total. The van der Waals surface area contributed by atoms with Crippen LogP contribution in [-0.4, -0.2) is 36.7 Å². The molecule has 0 radical (unpaired) electrons. The molecular formula is C10H21NO. The van der Waals surface area contributed by atoms with Crippen molar-refractivity contribution >= 4 is 0 Å². The molecule has 0 saturated carbocycles. The molecule has 0 aromatic carbocycles. The van der Waals surface area contributed by atoms with Gasteiger partial charge in [0.05, 0.1) is 6.61 Å². The molecule has 12 heavy (non-hydrogen) atoms. The highest BCUT2D eigenvalue weighted by Crippen LogP contribution is 2.22. The van der Waals surface area contributed by atoms with Crippen molar-refractivity contribution < 1.29 is 4.74 Å². The van der Waals surface area contributed by atoms with Crippen LogP contribution >= 0.6 is 0 Å². The zero-order valence-electron chi connectivity index (χ0n) is 8.55. The van der Waals surface area contributed by atoms with Gasteiger partial charge in [-0.3, -0.25) is 4.90 Å². The summed E-state index contributed by atoms with van der Waals surface area (Å²) in [5.41, 5.74) is 0. The molecular weight excluding hydrogens is 150 g/mol. The van der Waals surface area contributed by atoms with Gasteiger partial charge in [-0.2, -0.15) is 0 Å². The van der Waals surface area contributed by atoms with E-state index in [1.165, 1.54) is 12.8 Å². The number of rotatable bonds is 4. The lowest BCUT2D eigenvalue weighted by molar-refractivity contribution is 0.0977. The van der Waals surface area contributed by atoms with Crippen molar-refractivity contribution in [1.82, 2.24) is 4.90 Å². The van der Waals surface area contributed by atoms with Gasteiger partial charge in [0.1, 0.15) is 0 Å². The molecule has 72 valence electrons. The van der Waals surface area contributed by atoms with Gasteiger partial charge in [-0.25, -0.2) is 0 Å². The molecule has 1 saturated heterocycles. The van der Waals surface area contributed by atoms with E-state index >= 15 is 0 Å². The Hall–Kier alpha value is -0.0800. The molecule has 0 aromatic heterocycles. The minimum absolute atomic E-state index is 0.764. The summed E-state index contributed by atoms with van der Waals surface area (Å²) in [6.45, 7) is 9.53. The van der Waals surface area contributed by atoms with Crippen LogP contribution < -0.4 is 0 Å². The molecule has 2 atom stereocenters. The quantitative estimate of drug-likeness (QED) is 0.599. The largest absolute Gasteiger partial charge is 0.380 e. The molecule has 2 heteroatoms. The maximum Gasteiger partial charge on any atom is 0.0593 e. The number of ether oxygens (including phenoxy) is 1. The Balaban J connectivity index is 2.20. The van der Waals surface area contributed by atoms with Crippen molar-refractivity contribution in [2.75, 3.05) is 19.8 Å². The predicted molar refractivity (Wildman–Crippen MR) is 51.4 cm³/mol. The van der Waals surface area contributed by atoms with Gasteiger partial charge in [0.2, 0.25) is 0 Å². The van der Waals surface area contributed by atoms with E-state index in [4.69, 9.17) is 4.74 Å². The summed E-state index contributed by atoms with van der Waals surface area (Å²) in [5, 5.41) is 0. The molecule has 0 bridgehead atoms. The van der Waals surface area contributed by atoms with Crippen molar-refractivity contribution in [3.8, 4) is 0 Å². The standard InChI is InChI=1S/C10H21NO/c1-4-12-8-7-11-9(2)5-6-10(11)3/h9-10H,4-8H2,1-3H3. The van der Waals surface area contributed by atoms with E-state index in [0.29, 0.717) is 0 Å². The molecule has 0 N–H and O–H groups in total. The fourth-order valence-corrected chi connectivity index (χ4v) is 2.00. The molecule has 1 aliphatic heterocycles. The van der Waals surface area contributed by atoms with E-state index in [1.54, 1.807) is 0 Å². The lowest BCUT2D eigenvalue weighted by Crippen LogP contribution is -2.35. The van der Waals surface area contributed by atoms with Crippen LogP contribution in [0.2, 0.25) is 0 Å². The summed E-state index contributed by atoms with van der Waals surface area (Å²) in [6.07, 6.45) is 2.71. The summed E-state index contributed by atoms with van der Waals surface area (Å²) in [4.78, 5) is 2.55. The molecule has 0 spiro atoms. The van der Waals surface area contributed by atoms with Crippen molar-refractivity contribution in [2.45, 2.75) is 45.7 Å². The van der Waals surface area contributed by atoms with Crippen LogP contribution in [0.3, 0.4) is 0 Å². The highest BCUT2D eigenvalue weighted by atomic mass is 16.5. The lowest BCUT2D eigenvalue weighted by atomic mass is 10.2. The lowest BCUT2D eigenvalue weighted by Gasteiger charge is -2.25. The molecule has 0 amide bonds. The van der Waals surface area contributed by atoms with Gasteiger partial charge in [-0.15, -0.1) is 0 Å². The van der Waals surface area contributed by atoms with Crippen LogP contribution in [0.25, 0.3) is 0 Å². The van der Waals surface area contributed by atoms with Gasteiger partial charge >= 0.3 is 0 Å². The Kier molecular flexibility index (Phi) is 4.02. The summed E-state index contributed by atoms with van der Waals surface area (Å²) in [6, 6.07) is 1.53. The fourth-order valence-electron chi connectivity index (χ4n) is 2.00. The second kappa shape index (κ2) is 4.83. The van der Waals surface area contributed by atoms with Gasteiger partial charge in [-0.1, -0.05) is 0 Å². The van der Waals surface area contributed by atoms with E-state index in [0.717, 1.165) is 31.8 Å². The third-order valence-electron chi connectivity index (χ3n) is 2.83. The molecule has 1 fully saturated rings. The van der Waals surface area contributed by atoms with Crippen LogP contribution in [0.4, 0.5) is 0 Å². The Bertz CT molecular complexity index is 117. The molecule has 1 heterocycles. The van der Waals surface area contributed by atoms with Crippen molar-refractivity contribution in [2.24, 2.45) is 0 Å². The maximum absolute atomic E-state index is 5.35. The van der Waals surface area contributed by atoms with Crippen molar-refractivity contribution in [3.63, 3.8) is 0 Å². The smallest absolute Gasteiger partial charge is 0.0593 e. The topological polar surface area (TPSA) is 12.5 Å². The summed E-state index contributed by atoms with van der Waals surface area (Å²) < 4.78 is 5.35. The first-order valence-electron chi connectivity index (χ1n) is 5.09. The summed E-state index contributed by atoms with van der Waals surface area (Å²) in [7, 11) is 0. The number of hydrogen-bond donors (Lipinski definition) is 0. The molecule has 1 rings (SSSR count). The van der Waals surface area contributed by atoms with Crippen LogP contribution in [0.1, 0.15) is 33.6 Å².